The fourth-order valence-electron chi connectivity index (χ4n) is 27.6. The van der Waals surface area contributed by atoms with Crippen molar-refractivity contribution < 1.29 is 115 Å². The first-order chi connectivity index (χ1) is 66.1. The molecule has 0 N–H and O–H groups in total. The van der Waals surface area contributed by atoms with Crippen molar-refractivity contribution in [2.75, 3.05) is 26.4 Å². The van der Waals surface area contributed by atoms with Gasteiger partial charge in [0.1, 0.15) is 6.10 Å². The van der Waals surface area contributed by atoms with Gasteiger partial charge in [0.05, 0.1) is 104 Å². The van der Waals surface area contributed by atoms with E-state index in [1.807, 2.05) is 55.4 Å². The van der Waals surface area contributed by atoms with Crippen LogP contribution in [0.5, 0.6) is 0 Å². The highest BCUT2D eigenvalue weighted by Crippen LogP contribution is 2.68. The number of fused-ring (bicyclic) bond motifs is 28. The normalized spacial score (nSPS) is 34.1. The molecule has 6 saturated heterocycles. The molecule has 0 spiro atoms. The van der Waals surface area contributed by atoms with E-state index in [-0.39, 0.29) is 217 Å². The Kier molecular flexibility index (Phi) is 32.8. The molecule has 6 aliphatic heterocycles. The molecule has 30 heteroatoms. The summed E-state index contributed by atoms with van der Waals surface area (Å²) in [6.45, 7) is 33.6. The molecule has 6 heterocycles. The van der Waals surface area contributed by atoms with Gasteiger partial charge in [-0.15, -0.1) is 0 Å². The molecule has 140 heavy (non-hydrogen) atoms. The smallest absolute Gasteiger partial charge is 0.312 e. The van der Waals surface area contributed by atoms with E-state index in [1.165, 1.54) is 95.1 Å². The summed E-state index contributed by atoms with van der Waals surface area (Å²) in [5, 5.41) is 0. The zero-order valence-corrected chi connectivity index (χ0v) is 87.4. The Bertz CT molecular complexity index is 4660. The van der Waals surface area contributed by atoms with E-state index < -0.39 is 38.6 Å². The minimum atomic E-state index is -0.887. The zero-order valence-electron chi connectivity index (χ0n) is 87.4. The minimum absolute atomic E-state index is 0.00651. The molecular weight excluding hydrogens is 1790 g/mol. The van der Waals surface area contributed by atoms with E-state index in [0.717, 1.165) is 146 Å². The van der Waals surface area contributed by atoms with Crippen molar-refractivity contribution in [1.29, 1.82) is 0 Å². The number of esters is 6. The van der Waals surface area contributed by atoms with Crippen molar-refractivity contribution in [3.8, 4) is 0 Å². The highest BCUT2D eigenvalue weighted by Gasteiger charge is 2.73. The number of imide groups is 6. The number of ether oxygens (including phenoxy) is 6. The van der Waals surface area contributed by atoms with Gasteiger partial charge in [-0.1, -0.05) is 106 Å². The van der Waals surface area contributed by atoms with Crippen LogP contribution in [0.2, 0.25) is 0 Å². The summed E-state index contributed by atoms with van der Waals surface area (Å²) in [4.78, 5) is 230. The number of hydrogen-bond donors (Lipinski definition) is 0. The Hall–Kier alpha value is -8.34. The summed E-state index contributed by atoms with van der Waals surface area (Å²) >= 11 is 0. The van der Waals surface area contributed by atoms with E-state index in [1.54, 1.807) is 81.1 Å². The molecule has 19 rings (SSSR count). The number of amides is 12. The van der Waals surface area contributed by atoms with Crippen LogP contribution in [0.15, 0.2) is 0 Å². The molecule has 778 valence electrons. The molecule has 25 unspecified atom stereocenters. The van der Waals surface area contributed by atoms with Crippen LogP contribution in [0.1, 0.15) is 363 Å². The number of carbonyl (C=O) groups excluding carboxylic acids is 18. The summed E-state index contributed by atoms with van der Waals surface area (Å²) < 4.78 is 31.6. The third-order valence-corrected chi connectivity index (χ3v) is 38.7. The molecule has 13 aliphatic carbocycles. The van der Waals surface area contributed by atoms with Crippen LogP contribution in [-0.2, 0) is 115 Å². The molecule has 19 aliphatic rings. The second kappa shape index (κ2) is 42.8. The van der Waals surface area contributed by atoms with Crippen LogP contribution in [0, 0.1) is 145 Å². The Morgan fingerprint density at radius 1 is 0.286 bits per heavy atom. The largest absolute Gasteiger partial charge is 0.462 e. The summed E-state index contributed by atoms with van der Waals surface area (Å²) in [6.07, 6.45) is 35.0. The SMILES string of the molecule is CCC(C)(C)C(=O)OC(C)C(=O)N1C(=O)C2C3CCC(C3)C21.CCC(C)(C)C(=O)OC1CCC(C(=O)N2C(=O)C3C4CC(C5CCCC54)C32)CC1.CCC(C)(C)C(=O)OCC(=O)N1C(=O)C2C3CC(C4CCCC43)C21.CCC(C)(C)C(=O)OCC(=O)N1C(=O)C2C3CCC(C3)C21.CCC(C)(C)C(=O)OCC(=O)N1C(=O)C2CCCCCCC21.CCC(C)(C)C(=O)OCC(=O)N1C(=O)C2CCCCCCC21. The zero-order chi connectivity index (χ0) is 102. The van der Waals surface area contributed by atoms with Crippen LogP contribution in [-0.4, -0.2) is 211 Å². The first kappa shape index (κ1) is 107. The molecule has 19 fully saturated rings. The Balaban J connectivity index is 0.000000134. The predicted molar refractivity (Wildman–Crippen MR) is 512 cm³/mol. The van der Waals surface area contributed by atoms with E-state index in [4.69, 9.17) is 28.4 Å². The third kappa shape index (κ3) is 20.5. The fraction of sp³-hybridized carbons (Fsp3) is 0.836. The molecule has 25 atom stereocenters. The molecule has 12 amide bonds. The van der Waals surface area contributed by atoms with E-state index >= 15 is 0 Å². The number of β-lactam (4-membered cyclic amide) rings is 6. The summed E-state index contributed by atoms with van der Waals surface area (Å²) in [7, 11) is 0. The second-order valence-corrected chi connectivity index (χ2v) is 48.9. The summed E-state index contributed by atoms with van der Waals surface area (Å²) in [5.41, 5.74) is -3.43. The quantitative estimate of drug-likeness (QED) is 0.0375. The van der Waals surface area contributed by atoms with Crippen molar-refractivity contribution >= 4 is 107 Å². The molecule has 13 saturated carbocycles. The first-order valence-electron chi connectivity index (χ1n) is 54.4. The van der Waals surface area contributed by atoms with Gasteiger partial charge in [0.25, 0.3) is 29.5 Å². The number of likely N-dealkylation sites (tertiary alicyclic amines) is 6. The van der Waals surface area contributed by atoms with Crippen molar-refractivity contribution in [3.63, 3.8) is 0 Å². The minimum Gasteiger partial charge on any atom is -0.462 e. The molecular formula is C110H164N6O24. The Morgan fingerprint density at radius 3 is 0.979 bits per heavy atom. The molecule has 0 radical (unpaired) electrons. The molecule has 0 aromatic heterocycles. The molecule has 8 bridgehead atoms. The van der Waals surface area contributed by atoms with E-state index in [9.17, 15) is 86.3 Å². The van der Waals surface area contributed by atoms with Gasteiger partial charge in [0.2, 0.25) is 41.4 Å². The molecule has 30 nitrogen and oxygen atoms in total. The second-order valence-electron chi connectivity index (χ2n) is 48.9. The van der Waals surface area contributed by atoms with Crippen LogP contribution in [0.25, 0.3) is 0 Å². The van der Waals surface area contributed by atoms with Gasteiger partial charge in [-0.3, -0.25) is 116 Å². The lowest BCUT2D eigenvalue weighted by Gasteiger charge is -2.52. The monoisotopic (exact) mass is 1950 g/mol. The number of nitrogens with zero attached hydrogens (tertiary/aromatic N) is 6. The maximum atomic E-state index is 13.2. The number of carbonyl (C=O) groups is 18. The maximum Gasteiger partial charge on any atom is 0.312 e. The van der Waals surface area contributed by atoms with Gasteiger partial charge in [0.15, 0.2) is 32.5 Å². The van der Waals surface area contributed by atoms with Gasteiger partial charge in [-0.2, -0.15) is 0 Å². The van der Waals surface area contributed by atoms with E-state index in [2.05, 4.69) is 0 Å². The average molecular weight is 1950 g/mol. The van der Waals surface area contributed by atoms with Gasteiger partial charge in [-0.25, -0.2) is 0 Å². The maximum absolute atomic E-state index is 13.2. The van der Waals surface area contributed by atoms with Crippen molar-refractivity contribution in [3.05, 3.63) is 0 Å². The van der Waals surface area contributed by atoms with Crippen molar-refractivity contribution in [2.45, 2.75) is 411 Å². The van der Waals surface area contributed by atoms with Crippen LogP contribution in [0.4, 0.5) is 0 Å². The predicted octanol–water partition coefficient (Wildman–Crippen LogP) is 15.6. The lowest BCUT2D eigenvalue weighted by molar-refractivity contribution is -0.181. The summed E-state index contributed by atoms with van der Waals surface area (Å²) in [5.74, 6) is 3.38. The van der Waals surface area contributed by atoms with Crippen LogP contribution >= 0.6 is 0 Å². The lowest BCUT2D eigenvalue weighted by Crippen LogP contribution is -2.68. The number of rotatable bonds is 24. The molecule has 0 aromatic rings. The van der Waals surface area contributed by atoms with E-state index in [0.29, 0.717) is 85.4 Å². The topological polar surface area (TPSA) is 382 Å². The third-order valence-electron chi connectivity index (χ3n) is 38.7. The molecule has 0 aromatic carbocycles. The van der Waals surface area contributed by atoms with Crippen LogP contribution in [0.3, 0.4) is 0 Å². The summed E-state index contributed by atoms with van der Waals surface area (Å²) in [6, 6.07) is 0.504. The van der Waals surface area contributed by atoms with Gasteiger partial charge < -0.3 is 28.4 Å². The standard InChI is InChI=1S/C24H35NO4.C19H27NO4.C17H25NO4.2C17H27NO4.C16H23NO4/c1-4-24(2,3)23(28)29-14-10-8-13(9-11-14)21(26)25-20-18-12-17(19(20)22(25)27)15-6-5-7-16(15)18;1-4-19(2,3)18(23)24-9-14(21)20-16-13-8-12(15(16)17(20)22)10-6-5-7-11(10)13;1-5-17(3,4)16(21)22-9(2)14(19)18-13-11-7-6-10(8-11)12(13)15(18)20;2*1-4-17(2,3)16(21)22-11-14(19)18-13-10-8-6-5-7-9-12(13)15(18)20;1-4-16(2,3)15(20)21-8-11(18)17-13-10-6-5-9(7-10)12(13)14(17)19/h13-20H,4-12H2,1-3H3;10-13,15-16H,4-9H2,1-3H3;9-13H,5-8H2,1-4H3;2*12-13H,4-11H2,1-3H3;9-10,12-13H,4-8H2,1-3H3. The number of hydrogen-bond acceptors (Lipinski definition) is 24. The lowest BCUT2D eigenvalue weighted by atomic mass is 9.67. The first-order valence-corrected chi connectivity index (χ1v) is 54.4. The van der Waals surface area contributed by atoms with Crippen molar-refractivity contribution in [1.82, 2.24) is 29.4 Å². The average Bonchev–Trinajstić information content (AvgIpc) is 1.53. The highest BCUT2D eigenvalue weighted by atomic mass is 16.6. The highest BCUT2D eigenvalue weighted by molar-refractivity contribution is 6.08. The fourth-order valence-corrected chi connectivity index (χ4v) is 27.6. The Labute approximate surface area is 829 Å². The van der Waals surface area contributed by atoms with Gasteiger partial charge >= 0.3 is 35.8 Å². The Morgan fingerprint density at radius 2 is 0.593 bits per heavy atom. The van der Waals surface area contributed by atoms with Crippen LogP contribution < -0.4 is 0 Å². The van der Waals surface area contributed by atoms with Gasteiger partial charge in [-0.05, 0) is 328 Å². The van der Waals surface area contributed by atoms with Gasteiger partial charge in [0, 0.05) is 5.92 Å². The van der Waals surface area contributed by atoms with Crippen molar-refractivity contribution in [2.24, 2.45) is 145 Å².